The van der Waals surface area contributed by atoms with Crippen molar-refractivity contribution in [1.82, 2.24) is 5.32 Å². The molecule has 4 heteroatoms. The molecule has 1 aliphatic carbocycles. The zero-order chi connectivity index (χ0) is 12.9. The van der Waals surface area contributed by atoms with E-state index in [0.29, 0.717) is 11.7 Å². The first-order valence-electron chi connectivity index (χ1n) is 6.61. The normalized spacial score (nSPS) is 19.3. The van der Waals surface area contributed by atoms with Crippen LogP contribution in [0.3, 0.4) is 0 Å². The van der Waals surface area contributed by atoms with E-state index in [4.69, 9.17) is 0 Å². The summed E-state index contributed by atoms with van der Waals surface area (Å²) in [6, 6.07) is 0.221. The van der Waals surface area contributed by atoms with Crippen LogP contribution in [0.1, 0.15) is 46.5 Å². The highest BCUT2D eigenvalue weighted by Gasteiger charge is 2.51. The van der Waals surface area contributed by atoms with E-state index in [2.05, 4.69) is 12.2 Å². The van der Waals surface area contributed by atoms with Crippen molar-refractivity contribution in [3.8, 4) is 0 Å². The molecule has 0 amide bonds. The van der Waals surface area contributed by atoms with Crippen molar-refractivity contribution >= 4 is 17.7 Å². The Kier molecular flexibility index (Phi) is 5.80. The molecule has 1 rings (SSSR count). The summed E-state index contributed by atoms with van der Waals surface area (Å²) in [4.78, 5) is 11.6. The molecule has 0 aromatic rings. The Balaban J connectivity index is 2.59. The molecule has 3 nitrogen and oxygen atoms in total. The molecule has 0 spiro atoms. The summed E-state index contributed by atoms with van der Waals surface area (Å²) in [5, 5.41) is 12.9. The number of rotatable bonds is 9. The number of nitrogens with one attached hydrogen (secondary N) is 1. The average Bonchev–Trinajstić information content (AvgIpc) is 3.05. The van der Waals surface area contributed by atoms with Crippen LogP contribution in [0.2, 0.25) is 0 Å². The topological polar surface area (TPSA) is 49.3 Å². The van der Waals surface area contributed by atoms with Gasteiger partial charge in [-0.3, -0.25) is 10.1 Å². The van der Waals surface area contributed by atoms with E-state index < -0.39 is 11.5 Å². The van der Waals surface area contributed by atoms with Gasteiger partial charge in [-0.1, -0.05) is 13.3 Å². The smallest absolute Gasteiger partial charge is 0.325 e. The summed E-state index contributed by atoms with van der Waals surface area (Å²) < 4.78 is 0. The maximum Gasteiger partial charge on any atom is 0.325 e. The molecular weight excluding hydrogens is 234 g/mol. The van der Waals surface area contributed by atoms with Crippen LogP contribution in [0.15, 0.2) is 0 Å². The van der Waals surface area contributed by atoms with Crippen molar-refractivity contribution < 1.29 is 9.90 Å². The molecule has 1 fully saturated rings. The molecule has 0 heterocycles. The minimum Gasteiger partial charge on any atom is -0.480 e. The van der Waals surface area contributed by atoms with Gasteiger partial charge in [0, 0.05) is 11.8 Å². The molecule has 0 aliphatic heterocycles. The summed E-state index contributed by atoms with van der Waals surface area (Å²) in [5.74, 6) is 1.43. The summed E-state index contributed by atoms with van der Waals surface area (Å²) in [6.45, 7) is 6.21. The average molecular weight is 259 g/mol. The van der Waals surface area contributed by atoms with Crippen LogP contribution >= 0.6 is 11.8 Å². The van der Waals surface area contributed by atoms with Gasteiger partial charge in [0.15, 0.2) is 0 Å². The molecule has 1 aliphatic rings. The number of hydrogen-bond donors (Lipinski definition) is 2. The number of aliphatic carboxylic acids is 1. The van der Waals surface area contributed by atoms with E-state index in [1.54, 1.807) is 11.8 Å². The second-order valence-corrected chi connectivity index (χ2v) is 6.36. The fourth-order valence-electron chi connectivity index (χ4n) is 2.15. The molecule has 17 heavy (non-hydrogen) atoms. The monoisotopic (exact) mass is 259 g/mol. The quantitative estimate of drug-likeness (QED) is 0.625. The highest BCUT2D eigenvalue weighted by atomic mass is 32.2. The second kappa shape index (κ2) is 6.64. The molecular formula is C13H25NO2S. The Morgan fingerprint density at radius 1 is 1.53 bits per heavy atom. The van der Waals surface area contributed by atoms with Gasteiger partial charge in [0.25, 0.3) is 0 Å². The van der Waals surface area contributed by atoms with Gasteiger partial charge in [-0.15, -0.1) is 0 Å². The van der Waals surface area contributed by atoms with Gasteiger partial charge in [0.2, 0.25) is 0 Å². The summed E-state index contributed by atoms with van der Waals surface area (Å²) in [5.41, 5.74) is -0.688. The Bertz CT molecular complexity index is 254. The summed E-state index contributed by atoms with van der Waals surface area (Å²) in [7, 11) is 0. The fraction of sp³-hybridized carbons (Fsp3) is 0.923. The maximum absolute atomic E-state index is 11.6. The predicted octanol–water partition coefficient (Wildman–Crippen LogP) is 2.75. The van der Waals surface area contributed by atoms with Crippen molar-refractivity contribution in [3.05, 3.63) is 0 Å². The lowest BCUT2D eigenvalue weighted by Gasteiger charge is -2.32. The first-order chi connectivity index (χ1) is 8.03. The molecule has 1 atom stereocenters. The minimum atomic E-state index is -0.688. The molecule has 0 aromatic carbocycles. The third kappa shape index (κ3) is 4.18. The van der Waals surface area contributed by atoms with Crippen LogP contribution in [0.4, 0.5) is 0 Å². The number of carboxylic acid groups (broad SMARTS) is 1. The van der Waals surface area contributed by atoms with Crippen molar-refractivity contribution in [1.29, 1.82) is 0 Å². The van der Waals surface area contributed by atoms with Crippen molar-refractivity contribution in [3.63, 3.8) is 0 Å². The Hall–Kier alpha value is -0.220. The van der Waals surface area contributed by atoms with Crippen LogP contribution in [-0.2, 0) is 4.79 Å². The molecule has 1 saturated carbocycles. The molecule has 100 valence electrons. The van der Waals surface area contributed by atoms with Gasteiger partial charge >= 0.3 is 5.97 Å². The molecule has 0 aromatic heterocycles. The van der Waals surface area contributed by atoms with Gasteiger partial charge in [-0.25, -0.2) is 0 Å². The van der Waals surface area contributed by atoms with Gasteiger partial charge in [-0.05, 0) is 44.8 Å². The van der Waals surface area contributed by atoms with Crippen LogP contribution in [0, 0.1) is 5.92 Å². The Morgan fingerprint density at radius 2 is 2.18 bits per heavy atom. The second-order valence-electron chi connectivity index (χ2n) is 5.26. The third-order valence-electron chi connectivity index (χ3n) is 3.17. The highest BCUT2D eigenvalue weighted by Crippen LogP contribution is 2.42. The first kappa shape index (κ1) is 14.8. The SMILES string of the molecule is CCCCSCC(NC(C)C)(C(=O)O)C1CC1. The predicted molar refractivity (Wildman–Crippen MR) is 73.6 cm³/mol. The van der Waals surface area contributed by atoms with Crippen LogP contribution in [0.5, 0.6) is 0 Å². The van der Waals surface area contributed by atoms with Crippen molar-refractivity contribution in [2.24, 2.45) is 5.92 Å². The lowest BCUT2D eigenvalue weighted by atomic mass is 9.94. The number of unbranched alkanes of at least 4 members (excludes halogenated alkanes) is 1. The minimum absolute atomic E-state index is 0.221. The lowest BCUT2D eigenvalue weighted by Crippen LogP contribution is -2.58. The number of carboxylic acids is 1. The highest BCUT2D eigenvalue weighted by molar-refractivity contribution is 7.99. The van der Waals surface area contributed by atoms with Crippen LogP contribution in [0.25, 0.3) is 0 Å². The maximum atomic E-state index is 11.6. The first-order valence-corrected chi connectivity index (χ1v) is 7.77. The molecule has 2 N–H and O–H groups in total. The molecule has 0 saturated heterocycles. The van der Waals surface area contributed by atoms with Gasteiger partial charge in [0.05, 0.1) is 0 Å². The summed E-state index contributed by atoms with van der Waals surface area (Å²) >= 11 is 1.78. The largest absolute Gasteiger partial charge is 0.480 e. The van der Waals surface area contributed by atoms with Gasteiger partial charge < -0.3 is 5.11 Å². The molecule has 0 bridgehead atoms. The summed E-state index contributed by atoms with van der Waals surface area (Å²) in [6.07, 6.45) is 4.46. The third-order valence-corrected chi connectivity index (χ3v) is 4.41. The van der Waals surface area contributed by atoms with Crippen molar-refractivity contribution in [2.75, 3.05) is 11.5 Å². The van der Waals surface area contributed by atoms with Gasteiger partial charge in [-0.2, -0.15) is 11.8 Å². The van der Waals surface area contributed by atoms with E-state index >= 15 is 0 Å². The van der Waals surface area contributed by atoms with Crippen LogP contribution in [-0.4, -0.2) is 34.2 Å². The number of carbonyl (C=O) groups is 1. The van der Waals surface area contributed by atoms with Crippen molar-refractivity contribution in [2.45, 2.75) is 58.0 Å². The van der Waals surface area contributed by atoms with Gasteiger partial charge in [0.1, 0.15) is 5.54 Å². The lowest BCUT2D eigenvalue weighted by molar-refractivity contribution is -0.145. The molecule has 1 unspecified atom stereocenters. The fourth-order valence-corrected chi connectivity index (χ4v) is 3.55. The van der Waals surface area contributed by atoms with Crippen LogP contribution < -0.4 is 5.32 Å². The van der Waals surface area contributed by atoms with E-state index in [9.17, 15) is 9.90 Å². The zero-order valence-electron chi connectivity index (χ0n) is 11.2. The Labute approximate surface area is 109 Å². The van der Waals surface area contributed by atoms with E-state index in [1.165, 1.54) is 12.8 Å². The zero-order valence-corrected chi connectivity index (χ0v) is 12.0. The van der Waals surface area contributed by atoms with E-state index in [0.717, 1.165) is 18.6 Å². The number of hydrogen-bond acceptors (Lipinski definition) is 3. The van der Waals surface area contributed by atoms with E-state index in [-0.39, 0.29) is 6.04 Å². The standard InChI is InChI=1S/C13H25NO2S/c1-4-5-8-17-9-13(12(15)16,11-6-7-11)14-10(2)3/h10-11,14H,4-9H2,1-3H3,(H,15,16). The number of thioether (sulfide) groups is 1. The Morgan fingerprint density at radius 3 is 2.59 bits per heavy atom. The van der Waals surface area contributed by atoms with E-state index in [1.807, 2.05) is 13.8 Å². The molecule has 0 radical (unpaired) electrons.